The van der Waals surface area contributed by atoms with Crippen LogP contribution in [0.3, 0.4) is 0 Å². The highest BCUT2D eigenvalue weighted by molar-refractivity contribution is 5.85. The molecule has 1 saturated carbocycles. The first-order chi connectivity index (χ1) is 13.1. The summed E-state index contributed by atoms with van der Waals surface area (Å²) in [5, 5.41) is 3.40. The van der Waals surface area contributed by atoms with Crippen LogP contribution in [0.25, 0.3) is 11.1 Å². The maximum atomic E-state index is 13.9. The molecule has 2 atom stereocenters. The van der Waals surface area contributed by atoms with E-state index in [1.165, 1.54) is 11.6 Å². The van der Waals surface area contributed by atoms with Gasteiger partial charge < -0.3 is 15.1 Å². The molecule has 4 rings (SSSR count). The molecule has 1 aliphatic heterocycles. The lowest BCUT2D eigenvalue weighted by atomic mass is 10.0. The van der Waals surface area contributed by atoms with Crippen LogP contribution in [0.15, 0.2) is 48.5 Å². The van der Waals surface area contributed by atoms with E-state index in [1.807, 2.05) is 23.1 Å². The summed E-state index contributed by atoms with van der Waals surface area (Å²) in [6, 6.07) is 15.3. The number of benzene rings is 2. The summed E-state index contributed by atoms with van der Waals surface area (Å²) in [6.45, 7) is 3.96. The molecule has 1 heterocycles. The molecule has 1 amide bonds. The van der Waals surface area contributed by atoms with Crippen LogP contribution in [0.5, 0.6) is 0 Å². The minimum absolute atomic E-state index is 0. The van der Waals surface area contributed by atoms with Crippen LogP contribution in [0, 0.1) is 5.82 Å². The first-order valence-corrected chi connectivity index (χ1v) is 9.66. The molecule has 7 heteroatoms. The van der Waals surface area contributed by atoms with E-state index in [1.54, 1.807) is 12.1 Å². The van der Waals surface area contributed by atoms with E-state index >= 15 is 0 Å². The second kappa shape index (κ2) is 10.4. The van der Waals surface area contributed by atoms with E-state index in [0.29, 0.717) is 24.1 Å². The number of nitrogens with one attached hydrogen (secondary N) is 1. The van der Waals surface area contributed by atoms with Gasteiger partial charge in [0.05, 0.1) is 6.54 Å². The van der Waals surface area contributed by atoms with E-state index < -0.39 is 0 Å². The molecule has 158 valence electrons. The normalized spacial score (nSPS) is 21.1. The first kappa shape index (κ1) is 23.6. The second-order valence-electron chi connectivity index (χ2n) is 7.62. The Bertz CT molecular complexity index is 810. The Hall–Kier alpha value is -1.66. The van der Waals surface area contributed by atoms with Crippen molar-refractivity contribution in [2.24, 2.45) is 0 Å². The molecule has 2 unspecified atom stereocenters. The Morgan fingerprint density at radius 2 is 1.69 bits per heavy atom. The number of hydrogen-bond donors (Lipinski definition) is 1. The number of nitrogens with zero attached hydrogens (tertiary/aromatic N) is 2. The lowest BCUT2D eigenvalue weighted by Gasteiger charge is -2.32. The average Bonchev–Trinajstić information content (AvgIpc) is 3.47. The molecule has 29 heavy (non-hydrogen) atoms. The van der Waals surface area contributed by atoms with Gasteiger partial charge in [-0.25, -0.2) is 4.39 Å². The third kappa shape index (κ3) is 5.70. The van der Waals surface area contributed by atoms with Gasteiger partial charge in [-0.05, 0) is 30.7 Å². The minimum Gasteiger partial charge on any atom is -0.339 e. The van der Waals surface area contributed by atoms with Gasteiger partial charge in [0, 0.05) is 43.7 Å². The van der Waals surface area contributed by atoms with Gasteiger partial charge in [0.2, 0.25) is 5.91 Å². The Kier molecular flexibility index (Phi) is 8.46. The molecule has 2 aliphatic rings. The van der Waals surface area contributed by atoms with Crippen molar-refractivity contribution in [1.29, 1.82) is 0 Å². The molecule has 1 N–H and O–H groups in total. The zero-order valence-electron chi connectivity index (χ0n) is 16.5. The molecular weight excluding hydrogens is 412 g/mol. The van der Waals surface area contributed by atoms with Crippen molar-refractivity contribution in [2.75, 3.05) is 39.8 Å². The molecule has 1 aliphatic carbocycles. The number of rotatable bonds is 5. The fourth-order valence-corrected chi connectivity index (χ4v) is 3.78. The van der Waals surface area contributed by atoms with E-state index in [9.17, 15) is 9.18 Å². The van der Waals surface area contributed by atoms with Crippen LogP contribution in [0.1, 0.15) is 17.9 Å². The molecule has 2 aromatic rings. The van der Waals surface area contributed by atoms with Crippen LogP contribution in [0.2, 0.25) is 0 Å². The number of carbonyl (C=O) groups excluding carboxylic acids is 1. The minimum atomic E-state index is -0.196. The Labute approximate surface area is 184 Å². The highest BCUT2D eigenvalue weighted by Gasteiger charge is 2.38. The Balaban J connectivity index is 0.00000150. The standard InChI is InChI=1S/C22H26FN3O.2ClH/c1-25-10-12-26(13-11-25)22(27)15-24-21-14-19(21)17-8-6-16(7-9-17)18-4-2-3-5-20(18)23;;/h2-9,19,21,24H,10-15H2,1H3;2*1H. The van der Waals surface area contributed by atoms with Crippen LogP contribution in [0.4, 0.5) is 4.39 Å². The molecule has 2 fully saturated rings. The van der Waals surface area contributed by atoms with Crippen molar-refractivity contribution < 1.29 is 9.18 Å². The number of piperazine rings is 1. The smallest absolute Gasteiger partial charge is 0.236 e. The van der Waals surface area contributed by atoms with E-state index in [-0.39, 0.29) is 36.5 Å². The number of halogens is 3. The topological polar surface area (TPSA) is 35.6 Å². The second-order valence-corrected chi connectivity index (χ2v) is 7.62. The van der Waals surface area contributed by atoms with Crippen molar-refractivity contribution >= 4 is 30.7 Å². The van der Waals surface area contributed by atoms with Crippen molar-refractivity contribution in [2.45, 2.75) is 18.4 Å². The first-order valence-electron chi connectivity index (χ1n) is 9.66. The molecule has 0 radical (unpaired) electrons. The quantitative estimate of drug-likeness (QED) is 0.773. The molecule has 1 saturated heterocycles. The number of amides is 1. The third-order valence-corrected chi connectivity index (χ3v) is 5.69. The average molecular weight is 440 g/mol. The van der Waals surface area contributed by atoms with Gasteiger partial charge in [-0.3, -0.25) is 4.79 Å². The summed E-state index contributed by atoms with van der Waals surface area (Å²) in [5.74, 6) is 0.447. The fraction of sp³-hybridized carbons (Fsp3) is 0.409. The SMILES string of the molecule is CN1CCN(C(=O)CNC2CC2c2ccc(-c3ccccc3F)cc2)CC1.Cl.Cl. The largest absolute Gasteiger partial charge is 0.339 e. The van der Waals surface area contributed by atoms with Crippen LogP contribution >= 0.6 is 24.8 Å². The van der Waals surface area contributed by atoms with Crippen LogP contribution < -0.4 is 5.32 Å². The van der Waals surface area contributed by atoms with Gasteiger partial charge in [-0.15, -0.1) is 24.8 Å². The lowest BCUT2D eigenvalue weighted by Crippen LogP contribution is -2.49. The molecule has 2 aromatic carbocycles. The van der Waals surface area contributed by atoms with Gasteiger partial charge in [-0.2, -0.15) is 0 Å². The monoisotopic (exact) mass is 439 g/mol. The molecule has 0 spiro atoms. The highest BCUT2D eigenvalue weighted by Crippen LogP contribution is 2.41. The lowest BCUT2D eigenvalue weighted by molar-refractivity contribution is -0.131. The van der Waals surface area contributed by atoms with Crippen LogP contribution in [-0.2, 0) is 4.79 Å². The van der Waals surface area contributed by atoms with Gasteiger partial charge in [0.25, 0.3) is 0 Å². The van der Waals surface area contributed by atoms with E-state index in [0.717, 1.165) is 38.2 Å². The summed E-state index contributed by atoms with van der Waals surface area (Å²) >= 11 is 0. The fourth-order valence-electron chi connectivity index (χ4n) is 3.78. The third-order valence-electron chi connectivity index (χ3n) is 5.69. The Morgan fingerprint density at radius 3 is 2.34 bits per heavy atom. The zero-order chi connectivity index (χ0) is 18.8. The van der Waals surface area contributed by atoms with Gasteiger partial charge in [0.1, 0.15) is 5.82 Å². The molecule has 0 aromatic heterocycles. The summed E-state index contributed by atoms with van der Waals surface area (Å²) in [4.78, 5) is 16.5. The highest BCUT2D eigenvalue weighted by atomic mass is 35.5. The molecular formula is C22H28Cl2FN3O. The van der Waals surface area contributed by atoms with Gasteiger partial charge >= 0.3 is 0 Å². The predicted molar refractivity (Wildman–Crippen MR) is 120 cm³/mol. The van der Waals surface area contributed by atoms with Crippen molar-refractivity contribution in [1.82, 2.24) is 15.1 Å². The van der Waals surface area contributed by atoms with Gasteiger partial charge in [0.15, 0.2) is 0 Å². The molecule has 4 nitrogen and oxygen atoms in total. The van der Waals surface area contributed by atoms with E-state index in [4.69, 9.17) is 0 Å². The summed E-state index contributed by atoms with van der Waals surface area (Å²) in [6.07, 6.45) is 1.05. The summed E-state index contributed by atoms with van der Waals surface area (Å²) < 4.78 is 13.9. The summed E-state index contributed by atoms with van der Waals surface area (Å²) in [7, 11) is 2.09. The van der Waals surface area contributed by atoms with Crippen LogP contribution in [-0.4, -0.2) is 61.5 Å². The number of carbonyl (C=O) groups is 1. The maximum Gasteiger partial charge on any atom is 0.236 e. The number of hydrogen-bond acceptors (Lipinski definition) is 3. The number of likely N-dealkylation sites (N-methyl/N-ethyl adjacent to an activating group) is 1. The van der Waals surface area contributed by atoms with Crippen molar-refractivity contribution in [3.05, 3.63) is 59.9 Å². The van der Waals surface area contributed by atoms with Gasteiger partial charge in [-0.1, -0.05) is 42.5 Å². The van der Waals surface area contributed by atoms with Crippen molar-refractivity contribution in [3.8, 4) is 11.1 Å². The molecule has 0 bridgehead atoms. The van der Waals surface area contributed by atoms with E-state index in [2.05, 4.69) is 29.4 Å². The zero-order valence-corrected chi connectivity index (χ0v) is 18.1. The maximum absolute atomic E-state index is 13.9. The predicted octanol–water partition coefficient (Wildman–Crippen LogP) is 3.56. The summed E-state index contributed by atoms with van der Waals surface area (Å²) in [5.41, 5.74) is 2.78. The van der Waals surface area contributed by atoms with Crippen molar-refractivity contribution in [3.63, 3.8) is 0 Å². The Morgan fingerprint density at radius 1 is 1.03 bits per heavy atom.